The van der Waals surface area contributed by atoms with Gasteiger partial charge in [-0.1, -0.05) is 18.2 Å². The van der Waals surface area contributed by atoms with Crippen LogP contribution in [-0.4, -0.2) is 21.3 Å². The van der Waals surface area contributed by atoms with Gasteiger partial charge in [-0.25, -0.2) is 0 Å². The zero-order valence-electron chi connectivity index (χ0n) is 10.6. The van der Waals surface area contributed by atoms with E-state index >= 15 is 0 Å². The lowest BCUT2D eigenvalue weighted by atomic mass is 10.3. The summed E-state index contributed by atoms with van der Waals surface area (Å²) in [6.45, 7) is 2.94. The fourth-order valence-electron chi connectivity index (χ4n) is 2.27. The molecule has 0 bridgehead atoms. The number of nitrogens with zero attached hydrogens (tertiary/aromatic N) is 3. The summed E-state index contributed by atoms with van der Waals surface area (Å²) in [5.74, 6) is 2.16. The monoisotopic (exact) mass is 242 g/mol. The van der Waals surface area contributed by atoms with Gasteiger partial charge in [0.2, 0.25) is 0 Å². The molecule has 1 aliphatic carbocycles. The Morgan fingerprint density at radius 2 is 2.00 bits per heavy atom. The van der Waals surface area contributed by atoms with Gasteiger partial charge in [0.05, 0.1) is 0 Å². The van der Waals surface area contributed by atoms with Crippen LogP contribution < -0.4 is 5.32 Å². The Morgan fingerprint density at radius 3 is 2.72 bits per heavy atom. The predicted molar refractivity (Wildman–Crippen MR) is 71.7 cm³/mol. The lowest BCUT2D eigenvalue weighted by Crippen LogP contribution is -2.10. The first kappa shape index (κ1) is 11.3. The van der Waals surface area contributed by atoms with E-state index in [-0.39, 0.29) is 0 Å². The molecule has 2 aromatic rings. The van der Waals surface area contributed by atoms with Crippen LogP contribution in [0.25, 0.3) is 0 Å². The van der Waals surface area contributed by atoms with Gasteiger partial charge < -0.3 is 9.88 Å². The van der Waals surface area contributed by atoms with E-state index in [1.807, 2.05) is 25.1 Å². The minimum atomic E-state index is 0.659. The van der Waals surface area contributed by atoms with Crippen molar-refractivity contribution in [2.45, 2.75) is 32.2 Å². The second-order valence-electron chi connectivity index (χ2n) is 4.81. The summed E-state index contributed by atoms with van der Waals surface area (Å²) in [4.78, 5) is 0. The first-order valence-corrected chi connectivity index (χ1v) is 6.54. The molecular weight excluding hydrogens is 224 g/mol. The van der Waals surface area contributed by atoms with Crippen molar-refractivity contribution in [2.75, 3.05) is 11.9 Å². The van der Waals surface area contributed by atoms with Gasteiger partial charge in [0.25, 0.3) is 0 Å². The van der Waals surface area contributed by atoms with Gasteiger partial charge in [-0.05, 0) is 31.9 Å². The number of rotatable bonds is 5. The predicted octanol–water partition coefficient (Wildman–Crippen LogP) is 2.58. The second-order valence-corrected chi connectivity index (χ2v) is 4.81. The summed E-state index contributed by atoms with van der Waals surface area (Å²) in [6.07, 6.45) is 3.47. The Hall–Kier alpha value is -1.84. The molecular formula is C14H18N4. The number of aromatic nitrogens is 3. The maximum atomic E-state index is 4.28. The van der Waals surface area contributed by atoms with E-state index in [2.05, 4.69) is 32.2 Å². The molecule has 0 saturated heterocycles. The Kier molecular flexibility index (Phi) is 3.00. The van der Waals surface area contributed by atoms with Crippen LogP contribution in [0, 0.1) is 6.92 Å². The van der Waals surface area contributed by atoms with Gasteiger partial charge in [-0.2, -0.15) is 0 Å². The zero-order valence-corrected chi connectivity index (χ0v) is 10.6. The van der Waals surface area contributed by atoms with Crippen LogP contribution in [0.4, 0.5) is 5.69 Å². The van der Waals surface area contributed by atoms with Gasteiger partial charge in [-0.15, -0.1) is 10.2 Å². The molecule has 1 N–H and O–H groups in total. The van der Waals surface area contributed by atoms with Crippen molar-refractivity contribution in [1.82, 2.24) is 14.8 Å². The molecule has 0 amide bonds. The Balaban J connectivity index is 1.60. The summed E-state index contributed by atoms with van der Waals surface area (Å²) in [6, 6.07) is 10.9. The Bertz CT molecular complexity index is 514. The molecule has 0 spiro atoms. The van der Waals surface area contributed by atoms with Crippen molar-refractivity contribution in [3.63, 3.8) is 0 Å². The van der Waals surface area contributed by atoms with Crippen LogP contribution in [0.3, 0.4) is 0 Å². The van der Waals surface area contributed by atoms with Gasteiger partial charge in [0, 0.05) is 24.7 Å². The van der Waals surface area contributed by atoms with Crippen molar-refractivity contribution in [3.05, 3.63) is 42.0 Å². The van der Waals surface area contributed by atoms with Crippen LogP contribution in [0.1, 0.15) is 30.5 Å². The van der Waals surface area contributed by atoms with Gasteiger partial charge in [-0.3, -0.25) is 0 Å². The van der Waals surface area contributed by atoms with Crippen molar-refractivity contribution in [2.24, 2.45) is 0 Å². The SMILES string of the molecule is Cc1nnc(CCNc2ccccc2)n1C1CC1. The van der Waals surface area contributed by atoms with Gasteiger partial charge in [0.1, 0.15) is 11.6 Å². The minimum Gasteiger partial charge on any atom is -0.385 e. The molecule has 1 saturated carbocycles. The molecule has 0 unspecified atom stereocenters. The van der Waals surface area contributed by atoms with E-state index in [4.69, 9.17) is 0 Å². The topological polar surface area (TPSA) is 42.7 Å². The summed E-state index contributed by atoms with van der Waals surface area (Å²) in [5.41, 5.74) is 1.16. The lowest BCUT2D eigenvalue weighted by molar-refractivity contribution is 0.662. The van der Waals surface area contributed by atoms with E-state index in [1.54, 1.807) is 0 Å². The minimum absolute atomic E-state index is 0.659. The molecule has 1 fully saturated rings. The Labute approximate surface area is 107 Å². The number of hydrogen-bond donors (Lipinski definition) is 1. The first-order valence-electron chi connectivity index (χ1n) is 6.54. The molecule has 0 radical (unpaired) electrons. The maximum Gasteiger partial charge on any atom is 0.135 e. The van der Waals surface area contributed by atoms with Crippen molar-refractivity contribution < 1.29 is 0 Å². The van der Waals surface area contributed by atoms with Crippen LogP contribution in [0.2, 0.25) is 0 Å². The molecule has 1 aromatic carbocycles. The highest BCUT2D eigenvalue weighted by atomic mass is 15.3. The normalized spacial score (nSPS) is 14.7. The molecule has 1 heterocycles. The molecule has 1 aliphatic rings. The van der Waals surface area contributed by atoms with E-state index in [9.17, 15) is 0 Å². The van der Waals surface area contributed by atoms with E-state index < -0.39 is 0 Å². The summed E-state index contributed by atoms with van der Waals surface area (Å²) in [7, 11) is 0. The Morgan fingerprint density at radius 1 is 1.22 bits per heavy atom. The number of benzene rings is 1. The summed E-state index contributed by atoms with van der Waals surface area (Å²) < 4.78 is 2.30. The largest absolute Gasteiger partial charge is 0.385 e. The summed E-state index contributed by atoms with van der Waals surface area (Å²) >= 11 is 0. The number of nitrogens with one attached hydrogen (secondary N) is 1. The van der Waals surface area contributed by atoms with Gasteiger partial charge in [0.15, 0.2) is 0 Å². The zero-order chi connectivity index (χ0) is 12.4. The number of hydrogen-bond acceptors (Lipinski definition) is 3. The quantitative estimate of drug-likeness (QED) is 0.876. The van der Waals surface area contributed by atoms with Crippen LogP contribution in [0.5, 0.6) is 0 Å². The van der Waals surface area contributed by atoms with Crippen molar-refractivity contribution >= 4 is 5.69 Å². The van der Waals surface area contributed by atoms with Crippen LogP contribution in [-0.2, 0) is 6.42 Å². The maximum absolute atomic E-state index is 4.28. The molecule has 4 heteroatoms. The molecule has 3 rings (SSSR count). The summed E-state index contributed by atoms with van der Waals surface area (Å²) in [5, 5.41) is 11.9. The third-order valence-electron chi connectivity index (χ3n) is 3.30. The third kappa shape index (κ3) is 2.37. The van der Waals surface area contributed by atoms with E-state index in [0.29, 0.717) is 6.04 Å². The molecule has 18 heavy (non-hydrogen) atoms. The molecule has 0 atom stereocenters. The second kappa shape index (κ2) is 4.80. The van der Waals surface area contributed by atoms with Gasteiger partial charge >= 0.3 is 0 Å². The number of anilines is 1. The van der Waals surface area contributed by atoms with E-state index in [1.165, 1.54) is 12.8 Å². The number of para-hydroxylation sites is 1. The fourth-order valence-corrected chi connectivity index (χ4v) is 2.27. The number of aryl methyl sites for hydroxylation is 1. The first-order chi connectivity index (χ1) is 8.84. The highest BCUT2D eigenvalue weighted by molar-refractivity contribution is 5.42. The standard InChI is InChI=1S/C14H18N4/c1-11-16-17-14(18(11)13-7-8-13)9-10-15-12-5-3-2-4-6-12/h2-6,13,15H,7-10H2,1H3. The van der Waals surface area contributed by atoms with Crippen LogP contribution in [0.15, 0.2) is 30.3 Å². The molecule has 1 aromatic heterocycles. The third-order valence-corrected chi connectivity index (χ3v) is 3.30. The average Bonchev–Trinajstić information content (AvgIpc) is 3.16. The fraction of sp³-hybridized carbons (Fsp3) is 0.429. The smallest absolute Gasteiger partial charge is 0.135 e. The van der Waals surface area contributed by atoms with Crippen molar-refractivity contribution in [1.29, 1.82) is 0 Å². The molecule has 4 nitrogen and oxygen atoms in total. The highest BCUT2D eigenvalue weighted by Gasteiger charge is 2.27. The lowest BCUT2D eigenvalue weighted by Gasteiger charge is -2.08. The van der Waals surface area contributed by atoms with Crippen LogP contribution >= 0.6 is 0 Å². The average molecular weight is 242 g/mol. The highest BCUT2D eigenvalue weighted by Crippen LogP contribution is 2.36. The van der Waals surface area contributed by atoms with E-state index in [0.717, 1.165) is 30.3 Å². The molecule has 0 aliphatic heterocycles. The molecule has 94 valence electrons. The van der Waals surface area contributed by atoms with Crippen molar-refractivity contribution in [3.8, 4) is 0 Å².